The Bertz CT molecular complexity index is 754. The number of hydrogen-bond acceptors (Lipinski definition) is 5. The number of amides is 2. The quantitative estimate of drug-likeness (QED) is 0.605. The molecule has 0 saturated carbocycles. The Morgan fingerprint density at radius 2 is 1.70 bits per heavy atom. The zero-order valence-corrected chi connectivity index (χ0v) is 13.1. The van der Waals surface area contributed by atoms with Gasteiger partial charge in [0.15, 0.2) is 5.03 Å². The minimum Gasteiger partial charge on any atom is -0.335 e. The van der Waals surface area contributed by atoms with E-state index in [1.165, 1.54) is 21.7 Å². The van der Waals surface area contributed by atoms with Gasteiger partial charge in [0.25, 0.3) is 10.0 Å². The fraction of sp³-hybridized carbons (Fsp3) is 0.500. The second-order valence-electron chi connectivity index (χ2n) is 6.09. The first-order valence-electron chi connectivity index (χ1n) is 7.50. The van der Waals surface area contributed by atoms with Crippen molar-refractivity contribution in [1.29, 1.82) is 0 Å². The van der Waals surface area contributed by atoms with Crippen LogP contribution in [0, 0.1) is 11.8 Å². The molecule has 9 heteroatoms. The van der Waals surface area contributed by atoms with Crippen LogP contribution in [0.15, 0.2) is 29.7 Å². The topological polar surface area (TPSA) is 103 Å². The third kappa shape index (κ3) is 2.07. The molecule has 0 radical (unpaired) electrons. The number of likely N-dealkylation sites (tertiary alicyclic amines) is 1. The molecule has 0 spiro atoms. The molecule has 3 aliphatic rings. The van der Waals surface area contributed by atoms with Crippen LogP contribution in [0.5, 0.6) is 0 Å². The van der Waals surface area contributed by atoms with Gasteiger partial charge in [-0.25, -0.2) is 13.4 Å². The molecule has 1 aliphatic carbocycles. The van der Waals surface area contributed by atoms with Gasteiger partial charge in [-0.2, -0.15) is 4.31 Å². The molecule has 2 saturated heterocycles. The van der Waals surface area contributed by atoms with E-state index in [4.69, 9.17) is 0 Å². The van der Waals surface area contributed by atoms with Crippen molar-refractivity contribution in [2.24, 2.45) is 11.8 Å². The van der Waals surface area contributed by atoms with E-state index in [1.54, 1.807) is 0 Å². The number of aromatic amines is 1. The van der Waals surface area contributed by atoms with Gasteiger partial charge in [-0.1, -0.05) is 12.2 Å². The minimum absolute atomic E-state index is 0.0212. The number of fused-ring (bicyclic) bond motifs is 1. The number of imidazole rings is 1. The molecular formula is C14H16N4O4S. The lowest BCUT2D eigenvalue weighted by Crippen LogP contribution is -2.62. The first-order chi connectivity index (χ1) is 11.0. The van der Waals surface area contributed by atoms with Crippen LogP contribution >= 0.6 is 0 Å². The highest BCUT2D eigenvalue weighted by molar-refractivity contribution is 7.89. The summed E-state index contributed by atoms with van der Waals surface area (Å²) in [7, 11) is -3.63. The van der Waals surface area contributed by atoms with Crippen molar-refractivity contribution >= 4 is 21.8 Å². The van der Waals surface area contributed by atoms with Crippen molar-refractivity contribution in [2.75, 3.05) is 13.1 Å². The van der Waals surface area contributed by atoms with Gasteiger partial charge in [0.2, 0.25) is 11.8 Å². The van der Waals surface area contributed by atoms with Gasteiger partial charge < -0.3 is 4.98 Å². The maximum absolute atomic E-state index is 12.5. The molecule has 4 rings (SSSR count). The number of carbonyl (C=O) groups is 2. The molecule has 0 bridgehead atoms. The maximum Gasteiger partial charge on any atom is 0.260 e. The average molecular weight is 336 g/mol. The number of sulfonamides is 1. The Morgan fingerprint density at radius 1 is 1.09 bits per heavy atom. The molecule has 2 amide bonds. The van der Waals surface area contributed by atoms with Crippen molar-refractivity contribution in [3.63, 3.8) is 0 Å². The van der Waals surface area contributed by atoms with Crippen LogP contribution in [0.1, 0.15) is 12.8 Å². The number of aromatic nitrogens is 2. The van der Waals surface area contributed by atoms with Gasteiger partial charge in [-0.05, 0) is 12.8 Å². The standard InChI is InChI=1S/C14H16N4O4S/c19-13-10-3-1-2-4-11(10)14(20)18(13)9-6-17(7-9)23(21,22)12-5-15-8-16-12/h1-2,5,8-11H,3-4,6-7H2,(H,15,16). The fourth-order valence-corrected chi connectivity index (χ4v) is 4.90. The van der Waals surface area contributed by atoms with Gasteiger partial charge in [-0.15, -0.1) is 0 Å². The third-order valence-electron chi connectivity index (χ3n) is 4.83. The Hall–Kier alpha value is -2.00. The molecular weight excluding hydrogens is 320 g/mol. The van der Waals surface area contributed by atoms with Crippen molar-refractivity contribution in [3.05, 3.63) is 24.7 Å². The Morgan fingerprint density at radius 3 is 2.22 bits per heavy atom. The first-order valence-corrected chi connectivity index (χ1v) is 8.94. The number of hydrogen-bond donors (Lipinski definition) is 1. The smallest absolute Gasteiger partial charge is 0.260 e. The summed E-state index contributed by atoms with van der Waals surface area (Å²) < 4.78 is 25.9. The van der Waals surface area contributed by atoms with E-state index in [2.05, 4.69) is 9.97 Å². The van der Waals surface area contributed by atoms with E-state index in [0.717, 1.165) is 0 Å². The Kier molecular flexibility index (Phi) is 3.17. The molecule has 2 fully saturated rings. The number of allylic oxidation sites excluding steroid dienone is 2. The zero-order valence-electron chi connectivity index (χ0n) is 12.3. The largest absolute Gasteiger partial charge is 0.335 e. The van der Waals surface area contributed by atoms with E-state index in [9.17, 15) is 18.0 Å². The molecule has 1 N–H and O–H groups in total. The summed E-state index contributed by atoms with van der Waals surface area (Å²) in [6.07, 6.45) is 7.60. The number of H-pyrrole nitrogens is 1. The maximum atomic E-state index is 12.5. The predicted molar refractivity (Wildman–Crippen MR) is 78.3 cm³/mol. The zero-order chi connectivity index (χ0) is 16.2. The van der Waals surface area contributed by atoms with Crippen LogP contribution in [-0.2, 0) is 19.6 Å². The number of carbonyl (C=O) groups excluding carboxylic acids is 2. The second-order valence-corrected chi connectivity index (χ2v) is 8.00. The van der Waals surface area contributed by atoms with E-state index in [0.29, 0.717) is 12.8 Å². The fourth-order valence-electron chi connectivity index (χ4n) is 3.49. The first kappa shape index (κ1) is 14.6. The van der Waals surface area contributed by atoms with Gasteiger partial charge in [0, 0.05) is 13.1 Å². The monoisotopic (exact) mass is 336 g/mol. The van der Waals surface area contributed by atoms with E-state index in [1.807, 2.05) is 12.2 Å². The summed E-state index contributed by atoms with van der Waals surface area (Å²) >= 11 is 0. The average Bonchev–Trinajstić information content (AvgIpc) is 3.10. The van der Waals surface area contributed by atoms with Crippen LogP contribution < -0.4 is 0 Å². The molecule has 2 atom stereocenters. The van der Waals surface area contributed by atoms with Crippen LogP contribution in [0.25, 0.3) is 0 Å². The van der Waals surface area contributed by atoms with Crippen LogP contribution in [0.2, 0.25) is 0 Å². The Balaban J connectivity index is 1.48. The minimum atomic E-state index is -3.63. The third-order valence-corrected chi connectivity index (χ3v) is 6.58. The molecule has 1 aromatic rings. The highest BCUT2D eigenvalue weighted by Gasteiger charge is 2.53. The molecule has 2 aliphatic heterocycles. The lowest BCUT2D eigenvalue weighted by atomic mass is 9.85. The van der Waals surface area contributed by atoms with E-state index < -0.39 is 10.0 Å². The SMILES string of the molecule is O=C1C2CC=CCC2C(=O)N1C1CN(S(=O)(=O)c2cnc[nH]2)C1. The van der Waals surface area contributed by atoms with Crippen LogP contribution in [-0.4, -0.2) is 58.5 Å². The summed E-state index contributed by atoms with van der Waals surface area (Å²) in [5.41, 5.74) is 0. The van der Waals surface area contributed by atoms with Crippen molar-refractivity contribution in [1.82, 2.24) is 19.2 Å². The van der Waals surface area contributed by atoms with Crippen molar-refractivity contribution in [3.8, 4) is 0 Å². The Labute approximate surface area is 133 Å². The lowest BCUT2D eigenvalue weighted by Gasteiger charge is -2.41. The molecule has 0 aromatic carbocycles. The summed E-state index contributed by atoms with van der Waals surface area (Å²) in [6.45, 7) is 0.289. The molecule has 1 aromatic heterocycles. The van der Waals surface area contributed by atoms with Crippen LogP contribution in [0.3, 0.4) is 0 Å². The molecule has 8 nitrogen and oxygen atoms in total. The van der Waals surface area contributed by atoms with Gasteiger partial charge in [0.05, 0.1) is 30.4 Å². The van der Waals surface area contributed by atoms with Gasteiger partial charge in [-0.3, -0.25) is 14.5 Å². The molecule has 3 heterocycles. The second kappa shape index (κ2) is 5.00. The van der Waals surface area contributed by atoms with Crippen molar-refractivity contribution in [2.45, 2.75) is 23.9 Å². The van der Waals surface area contributed by atoms with E-state index >= 15 is 0 Å². The van der Waals surface area contributed by atoms with Gasteiger partial charge in [0.1, 0.15) is 0 Å². The molecule has 23 heavy (non-hydrogen) atoms. The summed E-state index contributed by atoms with van der Waals surface area (Å²) in [5.74, 6) is -0.864. The van der Waals surface area contributed by atoms with Gasteiger partial charge >= 0.3 is 0 Å². The van der Waals surface area contributed by atoms with E-state index in [-0.39, 0.29) is 47.8 Å². The molecule has 122 valence electrons. The predicted octanol–water partition coefficient (Wildman–Crippen LogP) is -0.266. The lowest BCUT2D eigenvalue weighted by molar-refractivity contribution is -0.145. The van der Waals surface area contributed by atoms with Crippen LogP contribution in [0.4, 0.5) is 0 Å². The number of rotatable bonds is 3. The molecule has 2 unspecified atom stereocenters. The summed E-state index contributed by atoms with van der Waals surface area (Å²) in [6, 6.07) is -0.363. The number of nitrogens with zero attached hydrogens (tertiary/aromatic N) is 3. The number of imide groups is 1. The summed E-state index contributed by atoms with van der Waals surface area (Å²) in [5, 5.41) is 0.0212. The summed E-state index contributed by atoms with van der Waals surface area (Å²) in [4.78, 5) is 32.5. The highest BCUT2D eigenvalue weighted by Crippen LogP contribution is 2.38. The number of nitrogens with one attached hydrogen (secondary N) is 1. The highest BCUT2D eigenvalue weighted by atomic mass is 32.2. The normalized spacial score (nSPS) is 29.0. The van der Waals surface area contributed by atoms with Crippen molar-refractivity contribution < 1.29 is 18.0 Å².